The predicted molar refractivity (Wildman–Crippen MR) is 72.1 cm³/mol. The SMILES string of the molecule is CC(CNC(=O)C1CC1c1ccccc1C(F)(F)F)C(=O)O. The average Bonchev–Trinajstić information content (AvgIpc) is 3.23. The van der Waals surface area contributed by atoms with Crippen LogP contribution in [0.5, 0.6) is 0 Å². The number of amides is 1. The highest BCUT2D eigenvalue weighted by Gasteiger charge is 2.47. The maximum Gasteiger partial charge on any atom is 0.416 e. The minimum atomic E-state index is -4.45. The predicted octanol–water partition coefficient (Wildman–Crippen LogP) is 2.65. The second kappa shape index (κ2) is 5.98. The van der Waals surface area contributed by atoms with Gasteiger partial charge in [-0.05, 0) is 24.0 Å². The van der Waals surface area contributed by atoms with Crippen molar-refractivity contribution in [3.05, 3.63) is 35.4 Å². The number of hydrogen-bond acceptors (Lipinski definition) is 2. The van der Waals surface area contributed by atoms with E-state index in [0.29, 0.717) is 6.42 Å². The zero-order chi connectivity index (χ0) is 16.5. The Bertz CT molecular complexity index is 586. The third-order valence-corrected chi connectivity index (χ3v) is 3.80. The van der Waals surface area contributed by atoms with Crippen molar-refractivity contribution in [2.24, 2.45) is 11.8 Å². The van der Waals surface area contributed by atoms with Crippen LogP contribution in [-0.4, -0.2) is 23.5 Å². The molecule has 2 rings (SSSR count). The van der Waals surface area contributed by atoms with E-state index in [0.717, 1.165) is 6.07 Å². The van der Waals surface area contributed by atoms with Gasteiger partial charge in [0.2, 0.25) is 5.91 Å². The number of carbonyl (C=O) groups excluding carboxylic acids is 1. The number of carboxylic acids is 1. The standard InChI is InChI=1S/C15H16F3NO3/c1-8(14(21)22)7-19-13(20)11-6-10(11)9-4-2-3-5-12(9)15(16,17)18/h2-5,8,10-11H,6-7H2,1H3,(H,19,20)(H,21,22). The molecule has 0 bridgehead atoms. The normalized spacial score (nSPS) is 22.0. The summed E-state index contributed by atoms with van der Waals surface area (Å²) in [5.41, 5.74) is -0.587. The Morgan fingerprint density at radius 2 is 2.00 bits per heavy atom. The molecule has 3 atom stereocenters. The van der Waals surface area contributed by atoms with Gasteiger partial charge >= 0.3 is 12.1 Å². The van der Waals surface area contributed by atoms with Crippen LogP contribution in [0.4, 0.5) is 13.2 Å². The van der Waals surface area contributed by atoms with Gasteiger partial charge in [0, 0.05) is 12.5 Å². The summed E-state index contributed by atoms with van der Waals surface area (Å²) < 4.78 is 38.8. The van der Waals surface area contributed by atoms with Crippen LogP contribution >= 0.6 is 0 Å². The van der Waals surface area contributed by atoms with Crippen LogP contribution in [0.2, 0.25) is 0 Å². The number of alkyl halides is 3. The van der Waals surface area contributed by atoms with E-state index in [1.807, 2.05) is 0 Å². The van der Waals surface area contributed by atoms with Gasteiger partial charge in [0.05, 0.1) is 11.5 Å². The number of aliphatic carboxylic acids is 1. The number of hydrogen-bond donors (Lipinski definition) is 2. The molecule has 0 radical (unpaired) electrons. The summed E-state index contributed by atoms with van der Waals surface area (Å²) in [6.45, 7) is 1.42. The van der Waals surface area contributed by atoms with Gasteiger partial charge in [-0.25, -0.2) is 0 Å². The maximum absolute atomic E-state index is 12.9. The zero-order valence-corrected chi connectivity index (χ0v) is 11.9. The molecular weight excluding hydrogens is 299 g/mol. The molecule has 1 amide bonds. The second-order valence-corrected chi connectivity index (χ2v) is 5.52. The molecule has 0 aromatic heterocycles. The van der Waals surface area contributed by atoms with E-state index in [4.69, 9.17) is 5.11 Å². The molecule has 22 heavy (non-hydrogen) atoms. The van der Waals surface area contributed by atoms with Gasteiger partial charge in [0.25, 0.3) is 0 Å². The summed E-state index contributed by atoms with van der Waals surface area (Å²) in [4.78, 5) is 22.6. The average molecular weight is 315 g/mol. The van der Waals surface area contributed by atoms with Crippen LogP contribution in [0.1, 0.15) is 30.4 Å². The van der Waals surface area contributed by atoms with Gasteiger partial charge in [-0.2, -0.15) is 13.2 Å². The largest absolute Gasteiger partial charge is 0.481 e. The molecule has 120 valence electrons. The van der Waals surface area contributed by atoms with Crippen LogP contribution in [-0.2, 0) is 15.8 Å². The van der Waals surface area contributed by atoms with Gasteiger partial charge in [-0.15, -0.1) is 0 Å². The summed E-state index contributed by atoms with van der Waals surface area (Å²) in [7, 11) is 0. The second-order valence-electron chi connectivity index (χ2n) is 5.52. The number of carbonyl (C=O) groups is 2. The van der Waals surface area contributed by atoms with Crippen molar-refractivity contribution in [2.45, 2.75) is 25.4 Å². The van der Waals surface area contributed by atoms with Gasteiger partial charge < -0.3 is 10.4 Å². The number of nitrogens with one attached hydrogen (secondary N) is 1. The molecule has 1 fully saturated rings. The van der Waals surface area contributed by atoms with Gasteiger partial charge in [0.1, 0.15) is 0 Å². The van der Waals surface area contributed by atoms with E-state index in [9.17, 15) is 22.8 Å². The molecule has 1 aromatic carbocycles. The van der Waals surface area contributed by atoms with Crippen LogP contribution in [0.25, 0.3) is 0 Å². The lowest BCUT2D eigenvalue weighted by Gasteiger charge is -2.12. The summed E-state index contributed by atoms with van der Waals surface area (Å²) in [6, 6.07) is 5.23. The van der Waals surface area contributed by atoms with Crippen LogP contribution < -0.4 is 5.32 Å². The van der Waals surface area contributed by atoms with Crippen molar-refractivity contribution in [1.29, 1.82) is 0 Å². The lowest BCUT2D eigenvalue weighted by atomic mass is 10.0. The number of carboxylic acid groups (broad SMARTS) is 1. The highest BCUT2D eigenvalue weighted by molar-refractivity contribution is 5.83. The fourth-order valence-electron chi connectivity index (χ4n) is 2.38. The Labute approximate surface area is 125 Å². The van der Waals surface area contributed by atoms with Crippen LogP contribution in [0.15, 0.2) is 24.3 Å². The molecule has 0 aliphatic heterocycles. The first kappa shape index (κ1) is 16.3. The van der Waals surface area contributed by atoms with E-state index < -0.39 is 41.4 Å². The minimum Gasteiger partial charge on any atom is -0.481 e. The molecule has 1 aliphatic rings. The fourth-order valence-corrected chi connectivity index (χ4v) is 2.38. The number of benzene rings is 1. The molecule has 1 saturated carbocycles. The van der Waals surface area contributed by atoms with Crippen LogP contribution in [0, 0.1) is 11.8 Å². The van der Waals surface area contributed by atoms with Crippen molar-refractivity contribution in [3.63, 3.8) is 0 Å². The molecule has 2 N–H and O–H groups in total. The highest BCUT2D eigenvalue weighted by Crippen LogP contribution is 2.50. The summed E-state index contributed by atoms with van der Waals surface area (Å²) >= 11 is 0. The lowest BCUT2D eigenvalue weighted by Crippen LogP contribution is -2.32. The maximum atomic E-state index is 12.9. The van der Waals surface area contributed by atoms with Crippen molar-refractivity contribution >= 4 is 11.9 Å². The van der Waals surface area contributed by atoms with E-state index in [2.05, 4.69) is 5.32 Å². The molecule has 0 heterocycles. The molecule has 3 unspecified atom stereocenters. The van der Waals surface area contributed by atoms with Gasteiger partial charge in [-0.3, -0.25) is 9.59 Å². The third kappa shape index (κ3) is 3.58. The molecule has 7 heteroatoms. The summed E-state index contributed by atoms with van der Waals surface area (Å²) in [6.07, 6.45) is -4.10. The molecule has 1 aliphatic carbocycles. The quantitative estimate of drug-likeness (QED) is 0.878. The topological polar surface area (TPSA) is 66.4 Å². The van der Waals surface area contributed by atoms with Gasteiger partial charge in [0.15, 0.2) is 0 Å². The summed E-state index contributed by atoms with van der Waals surface area (Å²) in [5.74, 6) is -3.14. The Morgan fingerprint density at radius 1 is 1.36 bits per heavy atom. The highest BCUT2D eigenvalue weighted by atomic mass is 19.4. The van der Waals surface area contributed by atoms with Crippen molar-refractivity contribution in [2.75, 3.05) is 6.54 Å². The third-order valence-electron chi connectivity index (χ3n) is 3.80. The molecule has 0 spiro atoms. The lowest BCUT2D eigenvalue weighted by molar-refractivity contribution is -0.141. The Balaban J connectivity index is 2.01. The van der Waals surface area contributed by atoms with Crippen molar-refractivity contribution in [1.82, 2.24) is 5.32 Å². The Morgan fingerprint density at radius 3 is 2.59 bits per heavy atom. The van der Waals surface area contributed by atoms with E-state index in [-0.39, 0.29) is 12.1 Å². The van der Waals surface area contributed by atoms with Gasteiger partial charge in [-0.1, -0.05) is 25.1 Å². The first-order chi connectivity index (χ1) is 10.2. The first-order valence-corrected chi connectivity index (χ1v) is 6.88. The number of halogens is 3. The molecule has 1 aromatic rings. The first-order valence-electron chi connectivity index (χ1n) is 6.88. The smallest absolute Gasteiger partial charge is 0.416 e. The van der Waals surface area contributed by atoms with Crippen LogP contribution in [0.3, 0.4) is 0 Å². The number of rotatable bonds is 5. The fraction of sp³-hybridized carbons (Fsp3) is 0.467. The van der Waals surface area contributed by atoms with Crippen molar-refractivity contribution in [3.8, 4) is 0 Å². The molecule has 0 saturated heterocycles. The minimum absolute atomic E-state index is 0.0295. The van der Waals surface area contributed by atoms with E-state index in [1.165, 1.54) is 25.1 Å². The van der Waals surface area contributed by atoms with Crippen molar-refractivity contribution < 1.29 is 27.9 Å². The summed E-state index contributed by atoms with van der Waals surface area (Å²) in [5, 5.41) is 11.2. The van der Waals surface area contributed by atoms with E-state index >= 15 is 0 Å². The Kier molecular flexibility index (Phi) is 4.44. The molecule has 4 nitrogen and oxygen atoms in total. The Hall–Kier alpha value is -2.05. The monoisotopic (exact) mass is 315 g/mol. The van der Waals surface area contributed by atoms with E-state index in [1.54, 1.807) is 0 Å². The zero-order valence-electron chi connectivity index (χ0n) is 11.9. The molecular formula is C15H16F3NO3.